The minimum atomic E-state index is -3.57. The van der Waals surface area contributed by atoms with E-state index in [1.165, 1.54) is 17.9 Å². The Morgan fingerprint density at radius 1 is 1.62 bits per heavy atom. The molecule has 0 saturated carbocycles. The highest BCUT2D eigenvalue weighted by Crippen LogP contribution is 2.19. The van der Waals surface area contributed by atoms with Gasteiger partial charge in [0, 0.05) is 13.6 Å². The molecule has 7 heteroatoms. The van der Waals surface area contributed by atoms with E-state index in [4.69, 9.17) is 11.6 Å². The molecular formula is C9H14ClN3O2S. The Kier molecular flexibility index (Phi) is 4.52. The molecule has 0 aliphatic heterocycles. The lowest BCUT2D eigenvalue weighted by Crippen LogP contribution is -2.26. The molecule has 0 saturated heterocycles. The van der Waals surface area contributed by atoms with Crippen molar-refractivity contribution < 1.29 is 8.42 Å². The number of rotatable bonds is 5. The second-order valence-corrected chi connectivity index (χ2v) is 5.27. The van der Waals surface area contributed by atoms with Crippen LogP contribution in [-0.4, -0.2) is 24.7 Å². The smallest absolute Gasteiger partial charge is 0.255 e. The van der Waals surface area contributed by atoms with Gasteiger partial charge >= 0.3 is 0 Å². The monoisotopic (exact) mass is 263 g/mol. The molecule has 0 bridgehead atoms. The van der Waals surface area contributed by atoms with E-state index in [2.05, 4.69) is 9.82 Å². The third kappa shape index (κ3) is 3.07. The maximum atomic E-state index is 11.8. The predicted molar refractivity (Wildman–Crippen MR) is 62.8 cm³/mol. The summed E-state index contributed by atoms with van der Waals surface area (Å²) in [6.07, 6.45) is 5.70. The van der Waals surface area contributed by atoms with E-state index in [0.29, 0.717) is 13.0 Å². The molecule has 90 valence electrons. The maximum Gasteiger partial charge on any atom is 0.259 e. The molecule has 0 aliphatic rings. The van der Waals surface area contributed by atoms with Crippen LogP contribution in [0.4, 0.5) is 0 Å². The third-order valence-electron chi connectivity index (χ3n) is 1.94. The van der Waals surface area contributed by atoms with Crippen molar-refractivity contribution in [1.29, 1.82) is 0 Å². The lowest BCUT2D eigenvalue weighted by molar-refractivity contribution is 0.563. The SMILES string of the molecule is C/C=C/CCNS(=O)(=O)c1c(Cl)cnn1C. The molecule has 5 nitrogen and oxygen atoms in total. The minimum absolute atomic E-state index is 0.00496. The summed E-state index contributed by atoms with van der Waals surface area (Å²) in [6.45, 7) is 2.22. The number of aryl methyl sites for hydroxylation is 1. The van der Waals surface area contributed by atoms with Crippen molar-refractivity contribution in [2.24, 2.45) is 7.05 Å². The summed E-state index contributed by atoms with van der Waals surface area (Å²) in [4.78, 5) is 0. The van der Waals surface area contributed by atoms with Gasteiger partial charge in [-0.2, -0.15) is 5.10 Å². The molecule has 0 amide bonds. The third-order valence-corrected chi connectivity index (χ3v) is 3.90. The van der Waals surface area contributed by atoms with Crippen molar-refractivity contribution in [2.45, 2.75) is 18.4 Å². The van der Waals surface area contributed by atoms with Gasteiger partial charge in [-0.25, -0.2) is 13.1 Å². The van der Waals surface area contributed by atoms with E-state index in [0.717, 1.165) is 0 Å². The summed E-state index contributed by atoms with van der Waals surface area (Å²) in [5.41, 5.74) is 0. The Hall–Kier alpha value is -0.850. The number of hydrogen-bond donors (Lipinski definition) is 1. The summed E-state index contributed by atoms with van der Waals surface area (Å²) in [5.74, 6) is 0. The van der Waals surface area contributed by atoms with Crippen LogP contribution < -0.4 is 4.72 Å². The molecule has 0 aliphatic carbocycles. The minimum Gasteiger partial charge on any atom is -0.255 e. The van der Waals surface area contributed by atoms with Crippen LogP contribution in [0.15, 0.2) is 23.4 Å². The largest absolute Gasteiger partial charge is 0.259 e. The van der Waals surface area contributed by atoms with Crippen molar-refractivity contribution in [3.05, 3.63) is 23.4 Å². The van der Waals surface area contributed by atoms with Crippen molar-refractivity contribution in [3.8, 4) is 0 Å². The maximum absolute atomic E-state index is 11.8. The highest BCUT2D eigenvalue weighted by molar-refractivity contribution is 7.89. The molecular weight excluding hydrogens is 250 g/mol. The molecule has 16 heavy (non-hydrogen) atoms. The fraction of sp³-hybridized carbons (Fsp3) is 0.444. The van der Waals surface area contributed by atoms with Crippen LogP contribution in [0.3, 0.4) is 0 Å². The Balaban J connectivity index is 2.79. The average molecular weight is 264 g/mol. The molecule has 1 N–H and O–H groups in total. The fourth-order valence-corrected chi connectivity index (χ4v) is 2.91. The van der Waals surface area contributed by atoms with Gasteiger partial charge in [0.05, 0.1) is 11.2 Å². The van der Waals surface area contributed by atoms with Gasteiger partial charge in [0.15, 0.2) is 5.03 Å². The first-order chi connectivity index (χ1) is 7.49. The average Bonchev–Trinajstić information content (AvgIpc) is 2.54. The summed E-state index contributed by atoms with van der Waals surface area (Å²) < 4.78 is 27.3. The molecule has 0 fully saturated rings. The second-order valence-electron chi connectivity index (χ2n) is 3.18. The van der Waals surface area contributed by atoms with Gasteiger partial charge in [-0.3, -0.25) is 4.68 Å². The molecule has 0 atom stereocenters. The van der Waals surface area contributed by atoms with E-state index in [9.17, 15) is 8.42 Å². The fourth-order valence-electron chi connectivity index (χ4n) is 1.21. The number of sulfonamides is 1. The Morgan fingerprint density at radius 2 is 2.31 bits per heavy atom. The summed E-state index contributed by atoms with van der Waals surface area (Å²) >= 11 is 5.75. The Bertz CT molecular complexity index is 459. The first kappa shape index (κ1) is 13.2. The van der Waals surface area contributed by atoms with E-state index < -0.39 is 10.0 Å². The van der Waals surface area contributed by atoms with Gasteiger partial charge in [0.1, 0.15) is 0 Å². The quantitative estimate of drug-likeness (QED) is 0.644. The number of aromatic nitrogens is 2. The molecule has 1 heterocycles. The molecule has 1 aromatic rings. The van der Waals surface area contributed by atoms with Crippen molar-refractivity contribution in [3.63, 3.8) is 0 Å². The molecule has 0 aromatic carbocycles. The van der Waals surface area contributed by atoms with Crippen molar-refractivity contribution >= 4 is 21.6 Å². The first-order valence-corrected chi connectivity index (χ1v) is 6.63. The topological polar surface area (TPSA) is 64.0 Å². The lowest BCUT2D eigenvalue weighted by Gasteiger charge is -2.05. The summed E-state index contributed by atoms with van der Waals surface area (Å²) in [7, 11) is -2.04. The van der Waals surface area contributed by atoms with Crippen LogP contribution in [0.2, 0.25) is 5.02 Å². The first-order valence-electron chi connectivity index (χ1n) is 4.77. The van der Waals surface area contributed by atoms with E-state index in [-0.39, 0.29) is 10.0 Å². The Morgan fingerprint density at radius 3 is 2.81 bits per heavy atom. The van der Waals surface area contributed by atoms with Gasteiger partial charge < -0.3 is 0 Å². The molecule has 0 spiro atoms. The van der Waals surface area contributed by atoms with Crippen molar-refractivity contribution in [2.75, 3.05) is 6.54 Å². The number of nitrogens with one attached hydrogen (secondary N) is 1. The van der Waals surface area contributed by atoms with Crippen molar-refractivity contribution in [1.82, 2.24) is 14.5 Å². The van der Waals surface area contributed by atoms with Crippen LogP contribution in [0, 0.1) is 0 Å². The zero-order valence-electron chi connectivity index (χ0n) is 9.14. The van der Waals surface area contributed by atoms with Crippen LogP contribution in [-0.2, 0) is 17.1 Å². The van der Waals surface area contributed by atoms with Crippen LogP contribution in [0.5, 0.6) is 0 Å². The highest BCUT2D eigenvalue weighted by Gasteiger charge is 2.21. The second kappa shape index (κ2) is 5.47. The number of nitrogens with zero attached hydrogens (tertiary/aromatic N) is 2. The predicted octanol–water partition coefficient (Wildman–Crippen LogP) is 1.32. The van der Waals surface area contributed by atoms with Gasteiger partial charge in [-0.05, 0) is 13.3 Å². The van der Waals surface area contributed by atoms with Gasteiger partial charge in [-0.1, -0.05) is 23.8 Å². The Labute approximate surface area is 100 Å². The van der Waals surface area contributed by atoms with Crippen LogP contribution in [0.1, 0.15) is 13.3 Å². The van der Waals surface area contributed by atoms with Gasteiger partial charge in [-0.15, -0.1) is 0 Å². The molecule has 0 radical (unpaired) electrons. The zero-order valence-corrected chi connectivity index (χ0v) is 10.7. The molecule has 0 unspecified atom stereocenters. The summed E-state index contributed by atoms with van der Waals surface area (Å²) in [6, 6.07) is 0. The highest BCUT2D eigenvalue weighted by atomic mass is 35.5. The summed E-state index contributed by atoms with van der Waals surface area (Å²) in [5, 5.41) is 3.90. The zero-order chi connectivity index (χ0) is 12.2. The number of hydrogen-bond acceptors (Lipinski definition) is 3. The van der Waals surface area contributed by atoms with Crippen LogP contribution in [0.25, 0.3) is 0 Å². The van der Waals surface area contributed by atoms with Gasteiger partial charge in [0.2, 0.25) is 0 Å². The number of halogens is 1. The molecule has 1 rings (SSSR count). The normalized spacial score (nSPS) is 12.4. The van der Waals surface area contributed by atoms with E-state index in [1.54, 1.807) is 0 Å². The lowest BCUT2D eigenvalue weighted by atomic mass is 10.4. The van der Waals surface area contributed by atoms with E-state index in [1.807, 2.05) is 19.1 Å². The molecule has 1 aromatic heterocycles. The van der Waals surface area contributed by atoms with Gasteiger partial charge in [0.25, 0.3) is 10.0 Å². The standard InChI is InChI=1S/C9H14ClN3O2S/c1-3-4-5-6-12-16(14,15)9-8(10)7-11-13(9)2/h3-4,7,12H,5-6H2,1-2H3/b4-3+. The van der Waals surface area contributed by atoms with E-state index >= 15 is 0 Å². The van der Waals surface area contributed by atoms with Crippen LogP contribution >= 0.6 is 11.6 Å². The number of allylic oxidation sites excluding steroid dienone is 1.